The van der Waals surface area contributed by atoms with Gasteiger partial charge in [0, 0.05) is 6.42 Å². The summed E-state index contributed by atoms with van der Waals surface area (Å²) in [5, 5.41) is 0. The average Bonchev–Trinajstić information content (AvgIpc) is 1.65. The maximum atomic E-state index is 10.0. The van der Waals surface area contributed by atoms with Crippen LogP contribution in [0.5, 0.6) is 0 Å². The van der Waals surface area contributed by atoms with E-state index in [0.29, 0.717) is 0 Å². The molecule has 0 aromatic rings. The fourth-order valence-corrected chi connectivity index (χ4v) is 0.495. The second kappa shape index (κ2) is 6.78. The smallest absolute Gasteiger partial charge is 0.771 e. The van der Waals surface area contributed by atoms with Crippen LogP contribution in [0.25, 0.3) is 0 Å². The Morgan fingerprint density at radius 1 is 1.78 bits per heavy atom. The molecular formula is C3H6NaO4P. The Labute approximate surface area is 75.8 Å². The molecule has 48 valence electrons. The van der Waals surface area contributed by atoms with Crippen LogP contribution >= 0.6 is 8.25 Å². The summed E-state index contributed by atoms with van der Waals surface area (Å²) < 4.78 is 13.4. The van der Waals surface area contributed by atoms with Crippen molar-refractivity contribution in [2.75, 3.05) is 0 Å². The molecule has 6 heteroatoms. The molecule has 9 heavy (non-hydrogen) atoms. The molecule has 0 spiro atoms. The van der Waals surface area contributed by atoms with Crippen LogP contribution in [0.15, 0.2) is 0 Å². The zero-order valence-corrected chi connectivity index (χ0v) is 8.34. The van der Waals surface area contributed by atoms with Crippen LogP contribution in [0.3, 0.4) is 0 Å². The van der Waals surface area contributed by atoms with Gasteiger partial charge in [-0.1, -0.05) is 6.92 Å². The molecule has 0 rings (SSSR count). The minimum Gasteiger partial charge on any atom is -0.771 e. The summed E-state index contributed by atoms with van der Waals surface area (Å²) in [5.41, 5.74) is 0. The Morgan fingerprint density at radius 3 is 2.33 bits per heavy atom. The first-order valence-corrected chi connectivity index (χ1v) is 3.31. The maximum absolute atomic E-state index is 10.0. The molecule has 0 fully saturated rings. The number of rotatable bonds is 2. The molecule has 0 aromatic heterocycles. The third-order valence-electron chi connectivity index (χ3n) is 0.486. The van der Waals surface area contributed by atoms with Gasteiger partial charge in [0.2, 0.25) is 0 Å². The summed E-state index contributed by atoms with van der Waals surface area (Å²) in [6.45, 7) is 1.52. The van der Waals surface area contributed by atoms with E-state index in [1.54, 1.807) is 0 Å². The van der Waals surface area contributed by atoms with Crippen molar-refractivity contribution in [3.8, 4) is 0 Å². The molecule has 4 nitrogen and oxygen atoms in total. The van der Waals surface area contributed by atoms with Gasteiger partial charge >= 0.3 is 35.5 Å². The summed E-state index contributed by atoms with van der Waals surface area (Å²) in [6.07, 6.45) is 0.0959. The van der Waals surface area contributed by atoms with Crippen molar-refractivity contribution >= 4 is 14.2 Å². The van der Waals surface area contributed by atoms with Gasteiger partial charge in [-0.2, -0.15) is 0 Å². The van der Waals surface area contributed by atoms with E-state index in [0.717, 1.165) is 0 Å². The third kappa shape index (κ3) is 8.66. The van der Waals surface area contributed by atoms with E-state index >= 15 is 0 Å². The van der Waals surface area contributed by atoms with E-state index in [9.17, 15) is 14.3 Å². The molecule has 0 aliphatic carbocycles. The van der Waals surface area contributed by atoms with Gasteiger partial charge in [0.25, 0.3) is 0 Å². The van der Waals surface area contributed by atoms with Crippen molar-refractivity contribution < 1.29 is 48.3 Å². The van der Waals surface area contributed by atoms with Crippen LogP contribution in [0.4, 0.5) is 0 Å². The van der Waals surface area contributed by atoms with E-state index in [4.69, 9.17) is 0 Å². The monoisotopic (exact) mass is 160 g/mol. The largest absolute Gasteiger partial charge is 1.00 e. The normalized spacial score (nSPS) is 11.3. The van der Waals surface area contributed by atoms with Crippen LogP contribution in [0.1, 0.15) is 13.3 Å². The second-order valence-corrected chi connectivity index (χ2v) is 1.78. The van der Waals surface area contributed by atoms with E-state index < -0.39 is 14.2 Å². The maximum Gasteiger partial charge on any atom is 1.00 e. The predicted octanol–water partition coefficient (Wildman–Crippen LogP) is -3.31. The molecule has 0 aliphatic heterocycles. The molecule has 0 heterocycles. The molecule has 0 amide bonds. The molecular weight excluding hydrogens is 154 g/mol. The summed E-state index contributed by atoms with van der Waals surface area (Å²) >= 11 is 0. The molecule has 1 unspecified atom stereocenters. The van der Waals surface area contributed by atoms with E-state index in [1.807, 2.05) is 0 Å². The topological polar surface area (TPSA) is 66.4 Å². The minimum atomic E-state index is -3.30. The molecule has 1 atom stereocenters. The van der Waals surface area contributed by atoms with Gasteiger partial charge in [-0.05, 0) is 0 Å². The van der Waals surface area contributed by atoms with Gasteiger partial charge in [0.1, 0.15) is 0 Å². The molecule has 0 radical (unpaired) electrons. The minimum absolute atomic E-state index is 0. The summed E-state index contributed by atoms with van der Waals surface area (Å²) in [4.78, 5) is 19.6. The Bertz CT molecular complexity index is 114. The Morgan fingerprint density at radius 2 is 2.22 bits per heavy atom. The Hall–Kier alpha value is 0.660. The fraction of sp³-hybridized carbons (Fsp3) is 0.667. The van der Waals surface area contributed by atoms with Crippen LogP contribution in [0.2, 0.25) is 0 Å². The van der Waals surface area contributed by atoms with Crippen molar-refractivity contribution in [1.29, 1.82) is 0 Å². The molecule has 0 aliphatic rings. The quantitative estimate of drug-likeness (QED) is 0.313. The van der Waals surface area contributed by atoms with Gasteiger partial charge in [-0.15, -0.1) is 0 Å². The van der Waals surface area contributed by atoms with Gasteiger partial charge in [0.05, 0.1) is 0 Å². The van der Waals surface area contributed by atoms with Crippen molar-refractivity contribution in [2.45, 2.75) is 13.3 Å². The number of carbonyl (C=O) groups excluding carboxylic acids is 1. The van der Waals surface area contributed by atoms with Crippen LogP contribution in [0, 0.1) is 0 Å². The first-order valence-electron chi connectivity index (χ1n) is 2.08. The van der Waals surface area contributed by atoms with E-state index in [1.165, 1.54) is 6.92 Å². The van der Waals surface area contributed by atoms with Gasteiger partial charge in [0.15, 0.2) is 8.25 Å². The zero-order chi connectivity index (χ0) is 6.57. The SMILES string of the molecule is CCC(=O)O[PH](=O)[O-].[Na+]. The van der Waals surface area contributed by atoms with E-state index in [-0.39, 0.29) is 36.0 Å². The third-order valence-corrected chi connectivity index (χ3v) is 0.880. The van der Waals surface area contributed by atoms with Crippen LogP contribution in [-0.4, -0.2) is 5.97 Å². The Kier molecular flexibility index (Phi) is 9.30. The average molecular weight is 160 g/mol. The van der Waals surface area contributed by atoms with Crippen LogP contribution < -0.4 is 34.5 Å². The van der Waals surface area contributed by atoms with Crippen molar-refractivity contribution in [1.82, 2.24) is 0 Å². The zero-order valence-electron chi connectivity index (χ0n) is 5.34. The number of carbonyl (C=O) groups is 1. The second-order valence-electron chi connectivity index (χ2n) is 1.08. The first-order chi connectivity index (χ1) is 3.66. The van der Waals surface area contributed by atoms with Crippen molar-refractivity contribution in [2.24, 2.45) is 0 Å². The first kappa shape index (κ1) is 12.3. The molecule has 0 saturated heterocycles. The Balaban J connectivity index is 0. The number of hydrogen-bond donors (Lipinski definition) is 0. The van der Waals surface area contributed by atoms with Gasteiger partial charge in [-0.25, -0.2) is 0 Å². The van der Waals surface area contributed by atoms with Gasteiger partial charge < -0.3 is 9.42 Å². The standard InChI is InChI=1S/C3H7O4P.Na/c1-2-3(4)7-8(5)6;/h8H,2H2,1H3,(H,5,6);/q;+1/p-1. The summed E-state index contributed by atoms with van der Waals surface area (Å²) in [7, 11) is -3.30. The van der Waals surface area contributed by atoms with Crippen molar-refractivity contribution in [3.05, 3.63) is 0 Å². The molecule has 0 bridgehead atoms. The summed E-state index contributed by atoms with van der Waals surface area (Å²) in [6, 6.07) is 0. The van der Waals surface area contributed by atoms with Gasteiger partial charge in [-0.3, -0.25) is 9.36 Å². The number of hydrogen-bond acceptors (Lipinski definition) is 4. The van der Waals surface area contributed by atoms with E-state index in [2.05, 4.69) is 4.52 Å². The molecule has 0 aromatic carbocycles. The van der Waals surface area contributed by atoms with Crippen molar-refractivity contribution in [3.63, 3.8) is 0 Å². The molecule has 0 N–H and O–H groups in total. The molecule has 0 saturated carbocycles. The summed E-state index contributed by atoms with van der Waals surface area (Å²) in [5.74, 6) is -0.705. The fourth-order valence-electron chi connectivity index (χ4n) is 0.165. The predicted molar refractivity (Wildman–Crippen MR) is 25.4 cm³/mol. The van der Waals surface area contributed by atoms with Crippen LogP contribution in [-0.2, 0) is 13.9 Å².